The van der Waals surface area contributed by atoms with E-state index in [9.17, 15) is 22.8 Å². The highest BCUT2D eigenvalue weighted by Gasteiger charge is 2.50. The number of allylic oxidation sites excluding steroid dienone is 1. The van der Waals surface area contributed by atoms with Crippen LogP contribution in [-0.4, -0.2) is 24.0 Å². The van der Waals surface area contributed by atoms with E-state index in [1.54, 1.807) is 12.2 Å². The van der Waals surface area contributed by atoms with Gasteiger partial charge in [-0.25, -0.2) is 0 Å². The standard InChI is InChI=1S/C10H11F3N2O2/c11-10(12,13)9(17)15-7-5-2-1-4(3-5)6(7)8(14)16/h1-2,4-7H,3H2,(H2,14,16)(H,15,17)/t4-,5-,6+,7-/m0/s1. The van der Waals surface area contributed by atoms with Crippen molar-refractivity contribution in [2.75, 3.05) is 0 Å². The molecular formula is C10H11F3N2O2. The van der Waals surface area contributed by atoms with Crippen LogP contribution in [0.5, 0.6) is 0 Å². The summed E-state index contributed by atoms with van der Waals surface area (Å²) in [5.74, 6) is -3.82. The minimum Gasteiger partial charge on any atom is -0.369 e. The Labute approximate surface area is 95.0 Å². The molecule has 0 spiro atoms. The molecule has 0 aliphatic heterocycles. The zero-order chi connectivity index (χ0) is 12.8. The second-order valence-corrected chi connectivity index (χ2v) is 4.37. The van der Waals surface area contributed by atoms with Crippen LogP contribution < -0.4 is 11.1 Å². The van der Waals surface area contributed by atoms with E-state index >= 15 is 0 Å². The van der Waals surface area contributed by atoms with Crippen molar-refractivity contribution in [2.24, 2.45) is 23.5 Å². The molecule has 0 aromatic rings. The van der Waals surface area contributed by atoms with Gasteiger partial charge < -0.3 is 11.1 Å². The van der Waals surface area contributed by atoms with Gasteiger partial charge in [-0.1, -0.05) is 12.2 Å². The van der Waals surface area contributed by atoms with Gasteiger partial charge in [0, 0.05) is 6.04 Å². The van der Waals surface area contributed by atoms with E-state index in [1.807, 2.05) is 5.32 Å². The molecule has 3 N–H and O–H groups in total. The number of carbonyl (C=O) groups is 2. The molecule has 0 heterocycles. The minimum absolute atomic E-state index is 0.156. The highest BCUT2D eigenvalue weighted by atomic mass is 19.4. The van der Waals surface area contributed by atoms with Gasteiger partial charge in [-0.2, -0.15) is 13.2 Å². The Balaban J connectivity index is 2.13. The highest BCUT2D eigenvalue weighted by Crippen LogP contribution is 2.43. The number of hydrogen-bond donors (Lipinski definition) is 2. The van der Waals surface area contributed by atoms with Crippen molar-refractivity contribution in [1.29, 1.82) is 0 Å². The minimum atomic E-state index is -4.94. The fourth-order valence-electron chi connectivity index (χ4n) is 2.64. The fraction of sp³-hybridized carbons (Fsp3) is 0.600. The van der Waals surface area contributed by atoms with Crippen LogP contribution in [0, 0.1) is 17.8 Å². The number of nitrogens with two attached hydrogens (primary N) is 1. The largest absolute Gasteiger partial charge is 0.471 e. The van der Waals surface area contributed by atoms with Gasteiger partial charge in [-0.3, -0.25) is 9.59 Å². The molecule has 2 rings (SSSR count). The molecule has 4 nitrogen and oxygen atoms in total. The van der Waals surface area contributed by atoms with Crippen LogP contribution in [0.15, 0.2) is 12.2 Å². The van der Waals surface area contributed by atoms with Crippen molar-refractivity contribution in [3.8, 4) is 0 Å². The van der Waals surface area contributed by atoms with Crippen molar-refractivity contribution in [3.05, 3.63) is 12.2 Å². The van der Waals surface area contributed by atoms with Crippen LogP contribution in [0.25, 0.3) is 0 Å². The molecule has 0 aromatic carbocycles. The number of fused-ring (bicyclic) bond motifs is 2. The molecule has 0 aromatic heterocycles. The average molecular weight is 248 g/mol. The highest BCUT2D eigenvalue weighted by molar-refractivity contribution is 5.84. The maximum atomic E-state index is 12.1. The summed E-state index contributed by atoms with van der Waals surface area (Å²) >= 11 is 0. The summed E-state index contributed by atoms with van der Waals surface area (Å²) < 4.78 is 36.4. The van der Waals surface area contributed by atoms with Crippen LogP contribution in [0.3, 0.4) is 0 Å². The molecular weight excluding hydrogens is 237 g/mol. The molecule has 2 aliphatic rings. The van der Waals surface area contributed by atoms with E-state index in [4.69, 9.17) is 5.73 Å². The van der Waals surface area contributed by atoms with E-state index in [2.05, 4.69) is 0 Å². The quantitative estimate of drug-likeness (QED) is 0.692. The lowest BCUT2D eigenvalue weighted by Crippen LogP contribution is -2.51. The van der Waals surface area contributed by atoms with Gasteiger partial charge >= 0.3 is 12.1 Å². The Morgan fingerprint density at radius 2 is 1.82 bits per heavy atom. The second kappa shape index (κ2) is 3.75. The first-order valence-electron chi connectivity index (χ1n) is 5.16. The topological polar surface area (TPSA) is 72.2 Å². The first kappa shape index (κ1) is 11.9. The Morgan fingerprint density at radius 1 is 1.24 bits per heavy atom. The summed E-state index contributed by atoms with van der Waals surface area (Å²) in [5.41, 5.74) is 5.15. The Morgan fingerprint density at radius 3 is 2.35 bits per heavy atom. The molecule has 2 bridgehead atoms. The second-order valence-electron chi connectivity index (χ2n) is 4.37. The third-order valence-electron chi connectivity index (χ3n) is 3.34. The lowest BCUT2D eigenvalue weighted by molar-refractivity contribution is -0.175. The molecule has 0 radical (unpaired) electrons. The van der Waals surface area contributed by atoms with E-state index in [0.717, 1.165) is 0 Å². The molecule has 7 heteroatoms. The van der Waals surface area contributed by atoms with Gasteiger partial charge in [0.05, 0.1) is 5.92 Å². The van der Waals surface area contributed by atoms with Crippen LogP contribution in [-0.2, 0) is 9.59 Å². The Bertz CT molecular complexity index is 392. The van der Waals surface area contributed by atoms with Gasteiger partial charge in [0.2, 0.25) is 5.91 Å². The van der Waals surface area contributed by atoms with Gasteiger partial charge in [0.1, 0.15) is 0 Å². The predicted molar refractivity (Wildman–Crippen MR) is 51.4 cm³/mol. The zero-order valence-corrected chi connectivity index (χ0v) is 8.70. The summed E-state index contributed by atoms with van der Waals surface area (Å²) in [6.07, 6.45) is -0.869. The molecule has 0 unspecified atom stereocenters. The van der Waals surface area contributed by atoms with E-state index in [-0.39, 0.29) is 11.8 Å². The molecule has 1 saturated carbocycles. The van der Waals surface area contributed by atoms with E-state index < -0.39 is 30.0 Å². The molecule has 2 aliphatic carbocycles. The fourth-order valence-corrected chi connectivity index (χ4v) is 2.64. The average Bonchev–Trinajstić information content (AvgIpc) is 2.75. The van der Waals surface area contributed by atoms with Crippen LogP contribution >= 0.6 is 0 Å². The van der Waals surface area contributed by atoms with E-state index in [0.29, 0.717) is 6.42 Å². The number of primary amides is 1. The molecule has 1 fully saturated rings. The Kier molecular flexibility index (Phi) is 2.63. The smallest absolute Gasteiger partial charge is 0.369 e. The normalized spacial score (nSPS) is 35.0. The molecule has 17 heavy (non-hydrogen) atoms. The molecule has 94 valence electrons. The monoisotopic (exact) mass is 248 g/mol. The van der Waals surface area contributed by atoms with Crippen molar-refractivity contribution >= 4 is 11.8 Å². The van der Waals surface area contributed by atoms with Crippen LogP contribution in [0.4, 0.5) is 13.2 Å². The van der Waals surface area contributed by atoms with Gasteiger partial charge in [-0.15, -0.1) is 0 Å². The molecule has 2 amide bonds. The number of rotatable bonds is 2. The van der Waals surface area contributed by atoms with Crippen molar-refractivity contribution in [3.63, 3.8) is 0 Å². The van der Waals surface area contributed by atoms with Gasteiger partial charge in [0.25, 0.3) is 0 Å². The van der Waals surface area contributed by atoms with Gasteiger partial charge in [0.15, 0.2) is 0 Å². The summed E-state index contributed by atoms with van der Waals surface area (Å²) in [7, 11) is 0. The lowest BCUT2D eigenvalue weighted by atomic mass is 9.88. The number of carbonyl (C=O) groups excluding carboxylic acids is 2. The van der Waals surface area contributed by atoms with Crippen LogP contribution in [0.1, 0.15) is 6.42 Å². The number of halogens is 3. The summed E-state index contributed by atoms with van der Waals surface area (Å²) in [6, 6.07) is -0.836. The van der Waals surface area contributed by atoms with Crippen molar-refractivity contribution in [1.82, 2.24) is 5.32 Å². The summed E-state index contributed by atoms with van der Waals surface area (Å²) in [6.45, 7) is 0. The van der Waals surface area contributed by atoms with Gasteiger partial charge in [-0.05, 0) is 18.3 Å². The predicted octanol–water partition coefficient (Wildman–Crippen LogP) is 0.341. The summed E-state index contributed by atoms with van der Waals surface area (Å²) in [5, 5.41) is 1.87. The third-order valence-corrected chi connectivity index (χ3v) is 3.34. The molecule has 4 atom stereocenters. The Hall–Kier alpha value is -1.53. The van der Waals surface area contributed by atoms with Crippen LogP contribution in [0.2, 0.25) is 0 Å². The lowest BCUT2D eigenvalue weighted by Gasteiger charge is -2.26. The van der Waals surface area contributed by atoms with Crippen molar-refractivity contribution < 1.29 is 22.8 Å². The number of alkyl halides is 3. The maximum Gasteiger partial charge on any atom is 0.471 e. The first-order valence-corrected chi connectivity index (χ1v) is 5.16. The molecule has 0 saturated heterocycles. The van der Waals surface area contributed by atoms with Crippen molar-refractivity contribution in [2.45, 2.75) is 18.6 Å². The first-order chi connectivity index (χ1) is 7.80. The third kappa shape index (κ3) is 2.01. The number of nitrogens with one attached hydrogen (secondary N) is 1. The number of amides is 2. The zero-order valence-electron chi connectivity index (χ0n) is 8.70. The number of hydrogen-bond acceptors (Lipinski definition) is 2. The van der Waals surface area contributed by atoms with E-state index in [1.165, 1.54) is 0 Å². The SMILES string of the molecule is NC(=O)[C@H]1[C@@H](NC(=O)C(F)(F)F)[C@H]2C=C[C@H]1C2. The summed E-state index contributed by atoms with van der Waals surface area (Å²) in [4.78, 5) is 22.0. The maximum absolute atomic E-state index is 12.1.